The summed E-state index contributed by atoms with van der Waals surface area (Å²) in [6, 6.07) is 14.6. The lowest BCUT2D eigenvalue weighted by atomic mass is 9.87. The number of alkyl halides is 1. The molecule has 1 saturated carbocycles. The largest absolute Gasteiger partial charge is 0.478 e. The molecule has 2 aromatic carbocycles. The number of halogens is 1. The molecule has 0 amide bonds. The third-order valence-corrected chi connectivity index (χ3v) is 7.59. The minimum absolute atomic E-state index is 0.120. The Kier molecular flexibility index (Phi) is 8.79. The number of hydrogen-bond acceptors (Lipinski definition) is 2. The molecule has 5 nitrogen and oxygen atoms in total. The standard InChI is InChI=1S/C30H37FN2O3/c1-2-3-13-27-28(20-31)32(19-18-22-9-5-4-6-10-22)30(36)33(27)21-23-14-16-24(17-15-23)25-11-7-8-12-26(25)29(34)35/h7-8,11-12,14-17,22H,2-6,9-10,13,18-21H2,1H3,(H,34,35). The third-order valence-electron chi connectivity index (χ3n) is 7.59. The van der Waals surface area contributed by atoms with Crippen LogP contribution in [-0.2, 0) is 26.2 Å². The zero-order chi connectivity index (χ0) is 25.5. The van der Waals surface area contributed by atoms with Gasteiger partial charge in [0, 0.05) is 12.2 Å². The number of carbonyl (C=O) groups is 1. The van der Waals surface area contributed by atoms with Gasteiger partial charge in [-0.2, -0.15) is 0 Å². The fraction of sp³-hybridized carbons (Fsp3) is 0.467. The maximum atomic E-state index is 14.3. The second kappa shape index (κ2) is 12.2. The summed E-state index contributed by atoms with van der Waals surface area (Å²) < 4.78 is 17.7. The van der Waals surface area contributed by atoms with Gasteiger partial charge in [-0.1, -0.05) is 87.9 Å². The molecule has 4 rings (SSSR count). The minimum Gasteiger partial charge on any atom is -0.478 e. The van der Waals surface area contributed by atoms with Gasteiger partial charge in [0.1, 0.15) is 6.67 Å². The number of carboxylic acids is 1. The van der Waals surface area contributed by atoms with Crippen LogP contribution < -0.4 is 5.69 Å². The van der Waals surface area contributed by atoms with Crippen molar-refractivity contribution in [3.63, 3.8) is 0 Å². The predicted octanol–water partition coefficient (Wildman–Crippen LogP) is 6.85. The molecule has 192 valence electrons. The summed E-state index contributed by atoms with van der Waals surface area (Å²) in [7, 11) is 0. The average Bonchev–Trinajstić information content (AvgIpc) is 3.16. The lowest BCUT2D eigenvalue weighted by molar-refractivity contribution is 0.0697. The molecule has 1 fully saturated rings. The van der Waals surface area contributed by atoms with Crippen molar-refractivity contribution < 1.29 is 14.3 Å². The molecule has 0 bridgehead atoms. The van der Waals surface area contributed by atoms with Crippen molar-refractivity contribution in [3.8, 4) is 11.1 Å². The normalized spacial score (nSPS) is 14.3. The lowest BCUT2D eigenvalue weighted by Gasteiger charge is -2.21. The van der Waals surface area contributed by atoms with Gasteiger partial charge in [-0.3, -0.25) is 9.13 Å². The molecule has 1 aromatic heterocycles. The van der Waals surface area contributed by atoms with Gasteiger partial charge in [-0.25, -0.2) is 14.0 Å². The van der Waals surface area contributed by atoms with Gasteiger partial charge in [0.05, 0.1) is 17.8 Å². The Bertz CT molecular complexity index is 1220. The molecule has 1 aliphatic rings. The molecule has 0 aliphatic heterocycles. The maximum Gasteiger partial charge on any atom is 0.336 e. The Balaban J connectivity index is 1.61. The van der Waals surface area contributed by atoms with E-state index in [0.29, 0.717) is 36.7 Å². The van der Waals surface area contributed by atoms with E-state index < -0.39 is 12.6 Å². The van der Waals surface area contributed by atoms with Crippen LogP contribution in [0.3, 0.4) is 0 Å². The Labute approximate surface area is 212 Å². The Morgan fingerprint density at radius 3 is 2.39 bits per heavy atom. The van der Waals surface area contributed by atoms with Crippen molar-refractivity contribution in [2.75, 3.05) is 0 Å². The molecule has 1 heterocycles. The fourth-order valence-electron chi connectivity index (χ4n) is 5.54. The van der Waals surface area contributed by atoms with Crippen LogP contribution in [0.25, 0.3) is 11.1 Å². The number of carboxylic acid groups (broad SMARTS) is 1. The fourth-order valence-corrected chi connectivity index (χ4v) is 5.54. The van der Waals surface area contributed by atoms with Crippen LogP contribution in [0.15, 0.2) is 53.3 Å². The second-order valence-electron chi connectivity index (χ2n) is 9.99. The Hall–Kier alpha value is -3.15. The van der Waals surface area contributed by atoms with E-state index in [0.717, 1.165) is 36.1 Å². The highest BCUT2D eigenvalue weighted by molar-refractivity contribution is 5.95. The average molecular weight is 493 g/mol. The van der Waals surface area contributed by atoms with E-state index in [4.69, 9.17) is 0 Å². The first-order chi connectivity index (χ1) is 17.5. The minimum atomic E-state index is -0.963. The number of unbranched alkanes of at least 4 members (excludes halogenated alkanes) is 1. The number of imidazole rings is 1. The van der Waals surface area contributed by atoms with E-state index in [1.54, 1.807) is 27.3 Å². The molecular weight excluding hydrogens is 455 g/mol. The SMILES string of the molecule is CCCCc1c(CF)n(CCC2CCCCC2)c(=O)n1Cc1ccc(-c2ccccc2C(=O)O)cc1. The van der Waals surface area contributed by atoms with Crippen molar-refractivity contribution in [1.29, 1.82) is 0 Å². The van der Waals surface area contributed by atoms with Gasteiger partial charge >= 0.3 is 11.7 Å². The summed E-state index contributed by atoms with van der Waals surface area (Å²) in [5.74, 6) is -0.336. The summed E-state index contributed by atoms with van der Waals surface area (Å²) in [4.78, 5) is 25.1. The molecule has 0 saturated heterocycles. The first-order valence-corrected chi connectivity index (χ1v) is 13.3. The third kappa shape index (κ3) is 5.80. The molecular formula is C30H37FN2O3. The van der Waals surface area contributed by atoms with Crippen LogP contribution in [0, 0.1) is 5.92 Å². The first-order valence-electron chi connectivity index (χ1n) is 13.3. The van der Waals surface area contributed by atoms with Gasteiger partial charge < -0.3 is 5.11 Å². The smallest absolute Gasteiger partial charge is 0.336 e. The molecule has 0 spiro atoms. The summed E-state index contributed by atoms with van der Waals surface area (Å²) >= 11 is 0. The highest BCUT2D eigenvalue weighted by Gasteiger charge is 2.21. The number of hydrogen-bond donors (Lipinski definition) is 1. The molecule has 3 aromatic rings. The van der Waals surface area contributed by atoms with E-state index in [1.165, 1.54) is 32.1 Å². The van der Waals surface area contributed by atoms with Crippen LogP contribution in [0.1, 0.15) is 85.6 Å². The zero-order valence-corrected chi connectivity index (χ0v) is 21.2. The number of benzene rings is 2. The molecule has 0 atom stereocenters. The number of aromatic nitrogens is 2. The summed E-state index contributed by atoms with van der Waals surface area (Å²) in [5, 5.41) is 9.52. The van der Waals surface area contributed by atoms with Gasteiger partial charge in [0.25, 0.3) is 0 Å². The molecule has 1 N–H and O–H groups in total. The van der Waals surface area contributed by atoms with Crippen LogP contribution in [0.4, 0.5) is 4.39 Å². The quantitative estimate of drug-likeness (QED) is 0.318. The zero-order valence-electron chi connectivity index (χ0n) is 21.2. The molecule has 36 heavy (non-hydrogen) atoms. The van der Waals surface area contributed by atoms with Gasteiger partial charge in [-0.05, 0) is 47.9 Å². The van der Waals surface area contributed by atoms with Crippen LogP contribution >= 0.6 is 0 Å². The van der Waals surface area contributed by atoms with Gasteiger partial charge in [-0.15, -0.1) is 0 Å². The van der Waals surface area contributed by atoms with Crippen molar-refractivity contribution in [2.24, 2.45) is 5.92 Å². The van der Waals surface area contributed by atoms with Crippen molar-refractivity contribution in [2.45, 2.75) is 84.5 Å². The summed E-state index contributed by atoms with van der Waals surface area (Å²) in [6.07, 6.45) is 9.73. The summed E-state index contributed by atoms with van der Waals surface area (Å²) in [5.41, 5.74) is 3.89. The highest BCUT2D eigenvalue weighted by Crippen LogP contribution is 2.28. The first kappa shape index (κ1) is 25.9. The Morgan fingerprint density at radius 1 is 1.00 bits per heavy atom. The van der Waals surface area contributed by atoms with Crippen molar-refractivity contribution in [3.05, 3.63) is 81.5 Å². The summed E-state index contributed by atoms with van der Waals surface area (Å²) in [6.45, 7) is 2.43. The number of nitrogens with zero attached hydrogens (tertiary/aromatic N) is 2. The van der Waals surface area contributed by atoms with E-state index >= 15 is 0 Å². The van der Waals surface area contributed by atoms with E-state index in [9.17, 15) is 19.1 Å². The highest BCUT2D eigenvalue weighted by atomic mass is 19.1. The lowest BCUT2D eigenvalue weighted by Crippen LogP contribution is -2.27. The van der Waals surface area contributed by atoms with E-state index in [2.05, 4.69) is 6.92 Å². The molecule has 6 heteroatoms. The van der Waals surface area contributed by atoms with Crippen molar-refractivity contribution >= 4 is 5.97 Å². The van der Waals surface area contributed by atoms with Gasteiger partial charge in [0.15, 0.2) is 0 Å². The Morgan fingerprint density at radius 2 is 1.72 bits per heavy atom. The van der Waals surface area contributed by atoms with Gasteiger partial charge in [0.2, 0.25) is 0 Å². The monoisotopic (exact) mass is 492 g/mol. The predicted molar refractivity (Wildman–Crippen MR) is 141 cm³/mol. The van der Waals surface area contributed by atoms with Crippen LogP contribution in [0.5, 0.6) is 0 Å². The topological polar surface area (TPSA) is 64.2 Å². The van der Waals surface area contributed by atoms with Crippen molar-refractivity contribution in [1.82, 2.24) is 9.13 Å². The van der Waals surface area contributed by atoms with Crippen LogP contribution in [-0.4, -0.2) is 20.2 Å². The van der Waals surface area contributed by atoms with E-state index in [1.807, 2.05) is 30.3 Å². The second-order valence-corrected chi connectivity index (χ2v) is 9.99. The maximum absolute atomic E-state index is 14.3. The molecule has 1 aliphatic carbocycles. The number of aromatic carboxylic acids is 1. The molecule has 0 radical (unpaired) electrons. The number of rotatable bonds is 11. The molecule has 0 unspecified atom stereocenters. The van der Waals surface area contributed by atoms with Crippen LogP contribution in [0.2, 0.25) is 0 Å². The van der Waals surface area contributed by atoms with E-state index in [-0.39, 0.29) is 11.3 Å².